The number of fused-ring (bicyclic) bond motifs is 3. The third-order valence-electron chi connectivity index (χ3n) is 2.76. The molecule has 1 aromatic carbocycles. The summed E-state index contributed by atoms with van der Waals surface area (Å²) < 4.78 is 42.3. The molecule has 20 heavy (non-hydrogen) atoms. The largest absolute Gasteiger partial charge is 0.573 e. The second-order valence-electron chi connectivity index (χ2n) is 4.03. The molecule has 3 rings (SSSR count). The van der Waals surface area contributed by atoms with Gasteiger partial charge in [-0.15, -0.1) is 13.2 Å². The van der Waals surface area contributed by atoms with Crippen LogP contribution < -0.4 is 10.1 Å². The summed E-state index contributed by atoms with van der Waals surface area (Å²) in [5, 5.41) is 2.86. The molecule has 5 nitrogen and oxygen atoms in total. The fourth-order valence-corrected chi connectivity index (χ4v) is 2.00. The number of alkyl halides is 3. The van der Waals surface area contributed by atoms with E-state index in [1.54, 1.807) is 23.8 Å². The van der Waals surface area contributed by atoms with E-state index in [2.05, 4.69) is 20.0 Å². The molecule has 0 saturated carbocycles. The smallest absolute Gasteiger partial charge is 0.406 e. The van der Waals surface area contributed by atoms with E-state index in [1.165, 1.54) is 18.2 Å². The summed E-state index contributed by atoms with van der Waals surface area (Å²) in [4.78, 5) is 8.39. The van der Waals surface area contributed by atoms with Crippen molar-refractivity contribution in [1.82, 2.24) is 14.4 Å². The number of nitrogens with one attached hydrogen (secondary N) is 1. The van der Waals surface area contributed by atoms with Crippen LogP contribution in [0.5, 0.6) is 5.75 Å². The van der Waals surface area contributed by atoms with Gasteiger partial charge in [-0.1, -0.05) is 0 Å². The summed E-state index contributed by atoms with van der Waals surface area (Å²) >= 11 is 0. The Hall–Kier alpha value is -2.51. The summed E-state index contributed by atoms with van der Waals surface area (Å²) in [6.07, 6.45) is -1.42. The number of ether oxygens (including phenoxy) is 1. The highest BCUT2D eigenvalue weighted by Gasteiger charge is 2.31. The maximum Gasteiger partial charge on any atom is 0.573 e. The number of imidazole rings is 1. The second-order valence-corrected chi connectivity index (χ2v) is 4.03. The molecule has 0 amide bonds. The third-order valence-corrected chi connectivity index (χ3v) is 2.76. The molecule has 0 aliphatic heterocycles. The van der Waals surface area contributed by atoms with Gasteiger partial charge in [0.2, 0.25) is 0 Å². The average molecular weight is 282 g/mol. The van der Waals surface area contributed by atoms with Crippen LogP contribution in [0.4, 0.5) is 19.0 Å². The van der Waals surface area contributed by atoms with Crippen molar-refractivity contribution < 1.29 is 17.9 Å². The molecule has 8 heteroatoms. The fraction of sp³-hybridized carbons (Fsp3) is 0.167. The summed E-state index contributed by atoms with van der Waals surface area (Å²) in [6.45, 7) is 0. The lowest BCUT2D eigenvalue weighted by Gasteiger charge is -2.11. The number of benzene rings is 1. The van der Waals surface area contributed by atoms with Crippen LogP contribution in [0.1, 0.15) is 0 Å². The molecule has 3 aromatic rings. The molecule has 2 aromatic heterocycles. The molecule has 0 unspecified atom stereocenters. The van der Waals surface area contributed by atoms with E-state index < -0.39 is 6.36 Å². The lowest BCUT2D eigenvalue weighted by molar-refractivity contribution is -0.274. The number of anilines is 1. The molecular weight excluding hydrogens is 273 g/mol. The first-order chi connectivity index (χ1) is 9.48. The SMILES string of the molecule is CNc1nc2cc(OC(F)(F)F)ccc2n2ccnc12. The Kier molecular flexibility index (Phi) is 2.66. The number of rotatable bonds is 2. The highest BCUT2D eigenvalue weighted by Crippen LogP contribution is 2.27. The molecular formula is C12H9F3N4O. The van der Waals surface area contributed by atoms with Crippen molar-refractivity contribution in [3.05, 3.63) is 30.6 Å². The summed E-state index contributed by atoms with van der Waals surface area (Å²) in [6, 6.07) is 4.00. The highest BCUT2D eigenvalue weighted by molar-refractivity contribution is 5.83. The molecule has 104 valence electrons. The third kappa shape index (κ3) is 2.09. The van der Waals surface area contributed by atoms with E-state index in [-0.39, 0.29) is 5.75 Å². The van der Waals surface area contributed by atoms with Gasteiger partial charge in [0.25, 0.3) is 0 Å². The van der Waals surface area contributed by atoms with Crippen molar-refractivity contribution >= 4 is 22.5 Å². The monoisotopic (exact) mass is 282 g/mol. The standard InChI is InChI=1S/C12H9F3N4O/c1-16-10-11-17-4-5-19(11)9-3-2-7(6-8(9)18-10)20-12(13,14)15/h2-6H,1H3,(H,16,18). The quantitative estimate of drug-likeness (QED) is 0.785. The minimum Gasteiger partial charge on any atom is -0.406 e. The second kappa shape index (κ2) is 4.26. The van der Waals surface area contributed by atoms with E-state index in [0.717, 1.165) is 0 Å². The highest BCUT2D eigenvalue weighted by atomic mass is 19.4. The van der Waals surface area contributed by atoms with E-state index >= 15 is 0 Å². The Labute approximate surface area is 111 Å². The Morgan fingerprint density at radius 2 is 2.10 bits per heavy atom. The average Bonchev–Trinajstić information content (AvgIpc) is 2.84. The van der Waals surface area contributed by atoms with Crippen LogP contribution in [-0.2, 0) is 0 Å². The number of aromatic nitrogens is 3. The first kappa shape index (κ1) is 12.5. The van der Waals surface area contributed by atoms with E-state index in [1.807, 2.05) is 0 Å². The fourth-order valence-electron chi connectivity index (χ4n) is 2.00. The normalized spacial score (nSPS) is 12.0. The van der Waals surface area contributed by atoms with Crippen LogP contribution in [0.25, 0.3) is 16.7 Å². The molecule has 2 heterocycles. The van der Waals surface area contributed by atoms with Gasteiger partial charge in [-0.2, -0.15) is 0 Å². The van der Waals surface area contributed by atoms with Crippen LogP contribution in [-0.4, -0.2) is 27.8 Å². The summed E-state index contributed by atoms with van der Waals surface area (Å²) in [5.41, 5.74) is 1.62. The number of hydrogen-bond acceptors (Lipinski definition) is 4. The molecule has 0 spiro atoms. The zero-order valence-electron chi connectivity index (χ0n) is 10.3. The van der Waals surface area contributed by atoms with Crippen LogP contribution in [0.2, 0.25) is 0 Å². The molecule has 0 saturated heterocycles. The number of nitrogens with zero attached hydrogens (tertiary/aromatic N) is 3. The molecule has 0 bridgehead atoms. The van der Waals surface area contributed by atoms with E-state index in [9.17, 15) is 13.2 Å². The minimum atomic E-state index is -4.72. The van der Waals surface area contributed by atoms with Gasteiger partial charge in [0.15, 0.2) is 11.5 Å². The van der Waals surface area contributed by atoms with Crippen molar-refractivity contribution in [2.75, 3.05) is 12.4 Å². The number of halogens is 3. The summed E-state index contributed by atoms with van der Waals surface area (Å²) in [5.74, 6) is 0.172. The first-order valence-corrected chi connectivity index (χ1v) is 5.68. The van der Waals surface area contributed by atoms with E-state index in [0.29, 0.717) is 22.5 Å². The Morgan fingerprint density at radius 1 is 1.30 bits per heavy atom. The van der Waals surface area contributed by atoms with Crippen LogP contribution in [0, 0.1) is 0 Å². The topological polar surface area (TPSA) is 51.5 Å². The molecule has 0 aliphatic rings. The van der Waals surface area contributed by atoms with Gasteiger partial charge < -0.3 is 10.1 Å². The lowest BCUT2D eigenvalue weighted by Crippen LogP contribution is -2.17. The first-order valence-electron chi connectivity index (χ1n) is 5.68. The lowest BCUT2D eigenvalue weighted by atomic mass is 10.3. The van der Waals surface area contributed by atoms with Crippen LogP contribution in [0.3, 0.4) is 0 Å². The van der Waals surface area contributed by atoms with E-state index in [4.69, 9.17) is 0 Å². The molecule has 0 radical (unpaired) electrons. The molecule has 0 fully saturated rings. The number of hydrogen-bond donors (Lipinski definition) is 1. The van der Waals surface area contributed by atoms with Crippen molar-refractivity contribution in [1.29, 1.82) is 0 Å². The van der Waals surface area contributed by atoms with Gasteiger partial charge in [0, 0.05) is 25.5 Å². The Bertz CT molecular complexity index is 781. The predicted octanol–water partition coefficient (Wildman–Crippen LogP) is 2.82. The van der Waals surface area contributed by atoms with Crippen LogP contribution >= 0.6 is 0 Å². The Morgan fingerprint density at radius 3 is 2.80 bits per heavy atom. The van der Waals surface area contributed by atoms with Gasteiger partial charge in [0.05, 0.1) is 11.0 Å². The molecule has 1 N–H and O–H groups in total. The van der Waals surface area contributed by atoms with Gasteiger partial charge in [0.1, 0.15) is 5.75 Å². The minimum absolute atomic E-state index is 0.306. The van der Waals surface area contributed by atoms with Crippen molar-refractivity contribution in [3.8, 4) is 5.75 Å². The van der Waals surface area contributed by atoms with Gasteiger partial charge >= 0.3 is 6.36 Å². The van der Waals surface area contributed by atoms with Crippen molar-refractivity contribution in [3.63, 3.8) is 0 Å². The summed E-state index contributed by atoms with van der Waals surface area (Å²) in [7, 11) is 1.67. The van der Waals surface area contributed by atoms with Crippen molar-refractivity contribution in [2.45, 2.75) is 6.36 Å². The van der Waals surface area contributed by atoms with Crippen LogP contribution in [0.15, 0.2) is 30.6 Å². The van der Waals surface area contributed by atoms with Gasteiger partial charge in [-0.05, 0) is 12.1 Å². The molecule has 0 atom stereocenters. The van der Waals surface area contributed by atoms with Crippen molar-refractivity contribution in [2.24, 2.45) is 0 Å². The van der Waals surface area contributed by atoms with Gasteiger partial charge in [-0.3, -0.25) is 4.40 Å². The molecule has 0 aliphatic carbocycles. The maximum absolute atomic E-state index is 12.2. The zero-order valence-corrected chi connectivity index (χ0v) is 10.3. The Balaban J connectivity index is 2.21. The van der Waals surface area contributed by atoms with Gasteiger partial charge in [-0.25, -0.2) is 9.97 Å². The zero-order chi connectivity index (χ0) is 14.3. The predicted molar refractivity (Wildman–Crippen MR) is 66.7 cm³/mol. The maximum atomic E-state index is 12.2.